The number of fused-ring (bicyclic) bond motifs is 2. The van der Waals surface area contributed by atoms with E-state index in [1.807, 2.05) is 12.1 Å². The minimum Gasteiger partial charge on any atom is -0.454 e. The molecule has 3 N–H and O–H groups in total. The van der Waals surface area contributed by atoms with Gasteiger partial charge in [-0.15, -0.1) is 12.4 Å². The predicted octanol–water partition coefficient (Wildman–Crippen LogP) is 1.95. The number of hydrogen-bond donors (Lipinski definition) is 3. The third-order valence-electron chi connectivity index (χ3n) is 6.74. The number of nitrogens with one attached hydrogen (secondary N) is 3. The third-order valence-corrected chi connectivity index (χ3v) is 6.74. The molecule has 1 aromatic carbocycles. The molecule has 0 spiro atoms. The Morgan fingerprint density at radius 3 is 2.76 bits per heavy atom. The monoisotopic (exact) mass is 422 g/mol. The highest BCUT2D eigenvalue weighted by Crippen LogP contribution is 2.34. The number of hydrazine groups is 1. The summed E-state index contributed by atoms with van der Waals surface area (Å²) >= 11 is 0. The molecule has 0 radical (unpaired) electrons. The summed E-state index contributed by atoms with van der Waals surface area (Å²) in [6, 6.07) is 6.59. The Kier molecular flexibility index (Phi) is 6.49. The molecule has 2 saturated heterocycles. The topological polar surface area (TPSA) is 74.9 Å². The molecule has 0 aromatic heterocycles. The van der Waals surface area contributed by atoms with Crippen LogP contribution in [0.15, 0.2) is 18.2 Å². The van der Waals surface area contributed by atoms with Crippen molar-refractivity contribution in [3.63, 3.8) is 0 Å². The van der Waals surface area contributed by atoms with Crippen LogP contribution >= 0.6 is 12.4 Å². The molecule has 7 nitrogen and oxygen atoms in total. The Labute approximate surface area is 178 Å². The molecule has 1 aromatic rings. The maximum atomic E-state index is 13.7. The Balaban J connectivity index is 0.00000205. The average Bonchev–Trinajstić information content (AvgIpc) is 3.38. The van der Waals surface area contributed by atoms with Crippen LogP contribution in [0.2, 0.25) is 0 Å². The summed E-state index contributed by atoms with van der Waals surface area (Å²) in [5.41, 5.74) is 7.79. The van der Waals surface area contributed by atoms with Gasteiger partial charge in [0.05, 0.1) is 0 Å². The van der Waals surface area contributed by atoms with E-state index in [4.69, 9.17) is 9.47 Å². The van der Waals surface area contributed by atoms with Gasteiger partial charge in [-0.2, -0.15) is 0 Å². The molecule has 3 aliphatic heterocycles. The summed E-state index contributed by atoms with van der Waals surface area (Å²) in [7, 11) is 0. The van der Waals surface area contributed by atoms with Gasteiger partial charge in [0.1, 0.15) is 6.04 Å². The van der Waals surface area contributed by atoms with Crippen molar-refractivity contribution >= 4 is 18.3 Å². The van der Waals surface area contributed by atoms with Crippen LogP contribution in [0.3, 0.4) is 0 Å². The van der Waals surface area contributed by atoms with Gasteiger partial charge in [-0.25, -0.2) is 5.43 Å². The highest BCUT2D eigenvalue weighted by Gasteiger charge is 2.43. The van der Waals surface area contributed by atoms with Gasteiger partial charge in [-0.3, -0.25) is 10.2 Å². The van der Waals surface area contributed by atoms with Crippen molar-refractivity contribution in [1.82, 2.24) is 21.1 Å². The number of halogens is 1. The molecule has 1 amide bonds. The van der Waals surface area contributed by atoms with Crippen molar-refractivity contribution in [2.24, 2.45) is 5.92 Å². The first kappa shape index (κ1) is 20.7. The molecule has 3 atom stereocenters. The predicted molar refractivity (Wildman–Crippen MR) is 112 cm³/mol. The Morgan fingerprint density at radius 2 is 1.90 bits per heavy atom. The Morgan fingerprint density at radius 1 is 1.07 bits per heavy atom. The summed E-state index contributed by atoms with van der Waals surface area (Å²) in [5, 5.41) is 3.46. The summed E-state index contributed by atoms with van der Waals surface area (Å²) in [5.74, 6) is 2.11. The number of benzene rings is 1. The Hall–Kier alpha value is -1.54. The van der Waals surface area contributed by atoms with E-state index in [-0.39, 0.29) is 31.1 Å². The largest absolute Gasteiger partial charge is 0.454 e. The van der Waals surface area contributed by atoms with Crippen LogP contribution in [-0.2, 0) is 11.3 Å². The van der Waals surface area contributed by atoms with Gasteiger partial charge in [0.25, 0.3) is 0 Å². The van der Waals surface area contributed by atoms with E-state index in [0.717, 1.165) is 49.4 Å². The van der Waals surface area contributed by atoms with E-state index < -0.39 is 0 Å². The van der Waals surface area contributed by atoms with Gasteiger partial charge in [0.15, 0.2) is 11.5 Å². The molecule has 29 heavy (non-hydrogen) atoms. The smallest absolute Gasteiger partial charge is 0.242 e. The number of piperidine rings is 1. The third kappa shape index (κ3) is 4.19. The SMILES string of the molecule is Cl.O=C(C1NNC2CCNCC21)N(Cc1ccc2c(c1)OCO2)C1CCCCC1. The number of carbonyl (C=O) groups is 1. The number of nitrogens with zero attached hydrogens (tertiary/aromatic N) is 1. The van der Waals surface area contributed by atoms with E-state index >= 15 is 0 Å². The fourth-order valence-corrected chi connectivity index (χ4v) is 5.16. The molecule has 3 fully saturated rings. The van der Waals surface area contributed by atoms with Gasteiger partial charge in [-0.1, -0.05) is 25.3 Å². The van der Waals surface area contributed by atoms with Crippen LogP contribution in [0, 0.1) is 5.92 Å². The van der Waals surface area contributed by atoms with E-state index in [2.05, 4.69) is 27.1 Å². The first-order valence-corrected chi connectivity index (χ1v) is 10.7. The summed E-state index contributed by atoms with van der Waals surface area (Å²) in [6.07, 6.45) is 6.96. The maximum absolute atomic E-state index is 13.7. The van der Waals surface area contributed by atoms with Gasteiger partial charge >= 0.3 is 0 Å². The second-order valence-corrected chi connectivity index (χ2v) is 8.48. The lowest BCUT2D eigenvalue weighted by Crippen LogP contribution is -2.53. The van der Waals surface area contributed by atoms with Crippen molar-refractivity contribution in [2.75, 3.05) is 19.9 Å². The fourth-order valence-electron chi connectivity index (χ4n) is 5.16. The van der Waals surface area contributed by atoms with Gasteiger partial charge < -0.3 is 19.7 Å². The lowest BCUT2D eigenvalue weighted by atomic mass is 9.87. The minimum absolute atomic E-state index is 0. The standard InChI is InChI=1S/C21H30N4O3.ClH/c26-21(20-16-11-22-9-8-17(16)23-24-20)25(15-4-2-1-3-5-15)12-14-6-7-18-19(10-14)28-13-27-18;/h6-7,10,15-17,20,22-24H,1-5,8-9,11-13H2;1H. The number of amides is 1. The van der Waals surface area contributed by atoms with Crippen LogP contribution in [0.4, 0.5) is 0 Å². The fraction of sp³-hybridized carbons (Fsp3) is 0.667. The molecule has 1 aliphatic carbocycles. The van der Waals surface area contributed by atoms with Crippen molar-refractivity contribution in [2.45, 2.75) is 63.2 Å². The zero-order chi connectivity index (χ0) is 18.9. The summed E-state index contributed by atoms with van der Waals surface area (Å²) < 4.78 is 11.0. The normalized spacial score (nSPS) is 28.5. The maximum Gasteiger partial charge on any atom is 0.242 e. The van der Waals surface area contributed by atoms with Crippen LogP contribution < -0.4 is 25.6 Å². The first-order chi connectivity index (χ1) is 13.8. The molecule has 5 rings (SSSR count). The first-order valence-electron chi connectivity index (χ1n) is 10.7. The minimum atomic E-state index is -0.159. The molecule has 3 heterocycles. The molecular weight excluding hydrogens is 392 g/mol. The molecule has 8 heteroatoms. The van der Waals surface area contributed by atoms with E-state index in [1.165, 1.54) is 19.3 Å². The molecular formula is C21H31ClN4O3. The van der Waals surface area contributed by atoms with E-state index in [0.29, 0.717) is 24.5 Å². The molecule has 3 unspecified atom stereocenters. The van der Waals surface area contributed by atoms with Crippen molar-refractivity contribution < 1.29 is 14.3 Å². The number of rotatable bonds is 4. The summed E-state index contributed by atoms with van der Waals surface area (Å²) in [4.78, 5) is 15.8. The Bertz CT molecular complexity index is 728. The zero-order valence-electron chi connectivity index (χ0n) is 16.7. The zero-order valence-corrected chi connectivity index (χ0v) is 17.5. The quantitative estimate of drug-likeness (QED) is 0.688. The van der Waals surface area contributed by atoms with Crippen LogP contribution in [0.1, 0.15) is 44.1 Å². The average molecular weight is 423 g/mol. The highest BCUT2D eigenvalue weighted by molar-refractivity contribution is 5.85. The van der Waals surface area contributed by atoms with Crippen LogP contribution in [-0.4, -0.2) is 48.8 Å². The van der Waals surface area contributed by atoms with Crippen molar-refractivity contribution in [3.05, 3.63) is 23.8 Å². The molecule has 0 bridgehead atoms. The lowest BCUT2D eigenvalue weighted by Gasteiger charge is -2.37. The summed E-state index contributed by atoms with van der Waals surface area (Å²) in [6.45, 7) is 2.81. The van der Waals surface area contributed by atoms with Gasteiger partial charge in [0, 0.05) is 31.1 Å². The lowest BCUT2D eigenvalue weighted by molar-refractivity contribution is -0.138. The van der Waals surface area contributed by atoms with E-state index in [1.54, 1.807) is 0 Å². The number of carbonyl (C=O) groups excluding carboxylic acids is 1. The second kappa shape index (κ2) is 9.08. The van der Waals surface area contributed by atoms with Gasteiger partial charge in [0.2, 0.25) is 12.7 Å². The van der Waals surface area contributed by atoms with Crippen LogP contribution in [0.25, 0.3) is 0 Å². The number of hydrogen-bond acceptors (Lipinski definition) is 6. The van der Waals surface area contributed by atoms with Gasteiger partial charge in [-0.05, 0) is 43.5 Å². The number of ether oxygens (including phenoxy) is 2. The van der Waals surface area contributed by atoms with E-state index in [9.17, 15) is 4.79 Å². The highest BCUT2D eigenvalue weighted by atomic mass is 35.5. The van der Waals surface area contributed by atoms with Crippen molar-refractivity contribution in [1.29, 1.82) is 0 Å². The molecule has 4 aliphatic rings. The van der Waals surface area contributed by atoms with Crippen molar-refractivity contribution in [3.8, 4) is 11.5 Å². The van der Waals surface area contributed by atoms with Crippen LogP contribution in [0.5, 0.6) is 11.5 Å². The second-order valence-electron chi connectivity index (χ2n) is 8.48. The molecule has 160 valence electrons. The molecule has 1 saturated carbocycles.